The number of hydrogen-bond acceptors (Lipinski definition) is 1. The number of aliphatic hydroxyl groups excluding tert-OH is 1. The largest absolute Gasteiger partial charge is 0.388 e. The van der Waals surface area contributed by atoms with Crippen molar-refractivity contribution in [3.05, 3.63) is 11.6 Å². The van der Waals surface area contributed by atoms with Gasteiger partial charge >= 0.3 is 0 Å². The number of fused-ring (bicyclic) bond motifs is 1. The van der Waals surface area contributed by atoms with Crippen LogP contribution in [0.3, 0.4) is 0 Å². The third kappa shape index (κ3) is 1.54. The van der Waals surface area contributed by atoms with Gasteiger partial charge in [0.25, 0.3) is 0 Å². The molecule has 74 valence electrons. The van der Waals surface area contributed by atoms with Crippen LogP contribution in [0.25, 0.3) is 0 Å². The average molecular weight is 180 g/mol. The van der Waals surface area contributed by atoms with Crippen molar-refractivity contribution in [2.24, 2.45) is 11.3 Å². The molecule has 0 amide bonds. The Kier molecular flexibility index (Phi) is 2.23. The summed E-state index contributed by atoms with van der Waals surface area (Å²) in [5.41, 5.74) is 1.56. The Morgan fingerprint density at radius 2 is 2.23 bits per heavy atom. The van der Waals surface area contributed by atoms with E-state index in [-0.39, 0.29) is 6.10 Å². The first-order valence-corrected chi connectivity index (χ1v) is 5.48. The van der Waals surface area contributed by atoms with Crippen LogP contribution in [0.2, 0.25) is 0 Å². The second-order valence-electron chi connectivity index (χ2n) is 5.07. The summed E-state index contributed by atoms with van der Waals surface area (Å²) in [6.45, 7) is 4.14. The van der Waals surface area contributed by atoms with Crippen LogP contribution in [0.1, 0.15) is 46.0 Å². The van der Waals surface area contributed by atoms with Gasteiger partial charge < -0.3 is 5.11 Å². The Morgan fingerprint density at radius 1 is 1.46 bits per heavy atom. The minimum atomic E-state index is -0.164. The highest BCUT2D eigenvalue weighted by atomic mass is 16.3. The molecule has 2 fully saturated rings. The molecule has 2 saturated carbocycles. The Morgan fingerprint density at radius 3 is 2.85 bits per heavy atom. The summed E-state index contributed by atoms with van der Waals surface area (Å²) in [5, 5.41) is 10.1. The number of aliphatic hydroxyl groups is 1. The van der Waals surface area contributed by atoms with Gasteiger partial charge in [-0.3, -0.25) is 0 Å². The first-order chi connectivity index (χ1) is 6.15. The lowest BCUT2D eigenvalue weighted by Crippen LogP contribution is -2.24. The maximum Gasteiger partial charge on any atom is 0.0782 e. The first kappa shape index (κ1) is 9.26. The summed E-state index contributed by atoms with van der Waals surface area (Å²) in [5.74, 6) is 0.840. The van der Waals surface area contributed by atoms with Gasteiger partial charge in [0.05, 0.1) is 6.10 Å². The normalized spacial score (nSPS) is 39.2. The molecular weight excluding hydrogens is 160 g/mol. The van der Waals surface area contributed by atoms with Crippen molar-refractivity contribution in [3.8, 4) is 0 Å². The fraction of sp³-hybridized carbons (Fsp3) is 0.833. The zero-order valence-corrected chi connectivity index (χ0v) is 8.71. The summed E-state index contributed by atoms with van der Waals surface area (Å²) in [6, 6.07) is 0. The molecule has 3 unspecified atom stereocenters. The molecular formula is C12H20O. The van der Waals surface area contributed by atoms with Gasteiger partial charge in [-0.2, -0.15) is 0 Å². The van der Waals surface area contributed by atoms with Crippen LogP contribution < -0.4 is 0 Å². The molecule has 0 spiro atoms. The predicted octanol–water partition coefficient (Wildman–Crippen LogP) is 2.89. The third-order valence-corrected chi connectivity index (χ3v) is 3.80. The van der Waals surface area contributed by atoms with E-state index < -0.39 is 0 Å². The van der Waals surface area contributed by atoms with E-state index in [9.17, 15) is 5.11 Å². The van der Waals surface area contributed by atoms with Crippen molar-refractivity contribution in [1.29, 1.82) is 0 Å². The second-order valence-corrected chi connectivity index (χ2v) is 5.07. The molecule has 0 aromatic heterocycles. The van der Waals surface area contributed by atoms with Crippen molar-refractivity contribution in [3.63, 3.8) is 0 Å². The van der Waals surface area contributed by atoms with Crippen LogP contribution in [-0.4, -0.2) is 11.2 Å². The molecule has 0 aromatic rings. The maximum absolute atomic E-state index is 10.1. The van der Waals surface area contributed by atoms with E-state index in [1.807, 2.05) is 6.08 Å². The minimum Gasteiger partial charge on any atom is -0.388 e. The molecule has 3 atom stereocenters. The topological polar surface area (TPSA) is 20.2 Å². The highest BCUT2D eigenvalue weighted by molar-refractivity contribution is 5.15. The standard InChI is InChI=1S/C12H20O/c1-9(2)7-11(13)12-6-4-3-5-10(12)8-12/h7,10-11,13H,3-6,8H2,1-2H3. The van der Waals surface area contributed by atoms with Crippen LogP contribution in [0.5, 0.6) is 0 Å². The van der Waals surface area contributed by atoms with Gasteiger partial charge in [-0.05, 0) is 39.0 Å². The fourth-order valence-corrected chi connectivity index (χ4v) is 2.93. The molecule has 0 heterocycles. The fourth-order valence-electron chi connectivity index (χ4n) is 2.93. The number of allylic oxidation sites excluding steroid dienone is 1. The third-order valence-electron chi connectivity index (χ3n) is 3.80. The minimum absolute atomic E-state index is 0.164. The van der Waals surface area contributed by atoms with Gasteiger partial charge in [0.1, 0.15) is 0 Å². The van der Waals surface area contributed by atoms with Crippen molar-refractivity contribution in [2.75, 3.05) is 0 Å². The van der Waals surface area contributed by atoms with Gasteiger partial charge in [-0.15, -0.1) is 0 Å². The molecule has 0 saturated heterocycles. The quantitative estimate of drug-likeness (QED) is 0.648. The van der Waals surface area contributed by atoms with Gasteiger partial charge in [-0.25, -0.2) is 0 Å². The smallest absolute Gasteiger partial charge is 0.0782 e. The van der Waals surface area contributed by atoms with E-state index in [4.69, 9.17) is 0 Å². The van der Waals surface area contributed by atoms with Gasteiger partial charge in [0.15, 0.2) is 0 Å². The van der Waals surface area contributed by atoms with E-state index in [0.29, 0.717) is 5.41 Å². The van der Waals surface area contributed by atoms with Crippen LogP contribution in [-0.2, 0) is 0 Å². The second kappa shape index (κ2) is 3.13. The molecule has 1 N–H and O–H groups in total. The van der Waals surface area contributed by atoms with Crippen LogP contribution in [0, 0.1) is 11.3 Å². The number of rotatable bonds is 2. The highest BCUT2D eigenvalue weighted by Crippen LogP contribution is 2.63. The molecule has 0 aliphatic heterocycles. The monoisotopic (exact) mass is 180 g/mol. The molecule has 1 nitrogen and oxygen atoms in total. The summed E-state index contributed by atoms with van der Waals surface area (Å²) in [7, 11) is 0. The van der Waals surface area contributed by atoms with Crippen LogP contribution in [0.4, 0.5) is 0 Å². The van der Waals surface area contributed by atoms with E-state index in [2.05, 4.69) is 13.8 Å². The van der Waals surface area contributed by atoms with E-state index in [0.717, 1.165) is 5.92 Å². The summed E-state index contributed by atoms with van der Waals surface area (Å²) >= 11 is 0. The summed E-state index contributed by atoms with van der Waals surface area (Å²) < 4.78 is 0. The average Bonchev–Trinajstić information content (AvgIpc) is 2.77. The molecule has 1 heteroatoms. The Bertz CT molecular complexity index is 227. The number of hydrogen-bond donors (Lipinski definition) is 1. The zero-order valence-electron chi connectivity index (χ0n) is 8.71. The van der Waals surface area contributed by atoms with E-state index in [1.54, 1.807) is 0 Å². The van der Waals surface area contributed by atoms with Crippen molar-refractivity contribution in [2.45, 2.75) is 52.1 Å². The highest BCUT2D eigenvalue weighted by Gasteiger charge is 2.58. The van der Waals surface area contributed by atoms with Gasteiger partial charge in [0.2, 0.25) is 0 Å². The molecule has 2 aliphatic rings. The predicted molar refractivity (Wildman–Crippen MR) is 54.4 cm³/mol. The molecule has 0 aromatic carbocycles. The van der Waals surface area contributed by atoms with Gasteiger partial charge in [0, 0.05) is 5.41 Å². The van der Waals surface area contributed by atoms with Crippen LogP contribution >= 0.6 is 0 Å². The molecule has 2 rings (SSSR count). The van der Waals surface area contributed by atoms with Gasteiger partial charge in [-0.1, -0.05) is 24.5 Å². The molecule has 0 bridgehead atoms. The molecule has 13 heavy (non-hydrogen) atoms. The lowest BCUT2D eigenvalue weighted by molar-refractivity contribution is 0.105. The Labute approximate surface area is 80.8 Å². The zero-order chi connectivity index (χ0) is 9.47. The molecule has 0 radical (unpaired) electrons. The molecule has 2 aliphatic carbocycles. The Hall–Kier alpha value is -0.300. The van der Waals surface area contributed by atoms with E-state index >= 15 is 0 Å². The SMILES string of the molecule is CC(C)=CC(O)C12CCCCC1C2. The van der Waals surface area contributed by atoms with E-state index in [1.165, 1.54) is 37.7 Å². The lowest BCUT2D eigenvalue weighted by Gasteiger charge is -2.25. The summed E-state index contributed by atoms with van der Waals surface area (Å²) in [6.07, 6.45) is 8.47. The first-order valence-electron chi connectivity index (χ1n) is 5.48. The maximum atomic E-state index is 10.1. The van der Waals surface area contributed by atoms with Crippen LogP contribution in [0.15, 0.2) is 11.6 Å². The lowest BCUT2D eigenvalue weighted by atomic mass is 9.83. The Balaban J connectivity index is 2.04. The van der Waals surface area contributed by atoms with Crippen molar-refractivity contribution in [1.82, 2.24) is 0 Å². The summed E-state index contributed by atoms with van der Waals surface area (Å²) in [4.78, 5) is 0. The van der Waals surface area contributed by atoms with Crippen molar-refractivity contribution >= 4 is 0 Å². The van der Waals surface area contributed by atoms with Crippen molar-refractivity contribution < 1.29 is 5.11 Å².